The Morgan fingerprint density at radius 2 is 2.00 bits per heavy atom. The van der Waals surface area contributed by atoms with Gasteiger partial charge in [-0.2, -0.15) is 13.2 Å². The Labute approximate surface area is 71.5 Å². The van der Waals surface area contributed by atoms with Crippen LogP contribution in [0.2, 0.25) is 0 Å². The molecule has 0 amide bonds. The summed E-state index contributed by atoms with van der Waals surface area (Å²) in [4.78, 5) is 10.7. The predicted octanol–water partition coefficient (Wildman–Crippen LogP) is 2.20. The zero-order chi connectivity index (χ0) is 10.2. The molecule has 0 fully saturated rings. The molecule has 0 radical (unpaired) electrons. The lowest BCUT2D eigenvalue weighted by Gasteiger charge is -2.03. The minimum Gasteiger partial charge on any atom is -0.352 e. The third-order valence-electron chi connectivity index (χ3n) is 1.47. The number of hydrogen-bond donors (Lipinski definition) is 0. The smallest absolute Gasteiger partial charge is 0.352 e. The Morgan fingerprint density at radius 3 is 2.31 bits per heavy atom. The minimum atomic E-state index is -4.59. The summed E-state index contributed by atoms with van der Waals surface area (Å²) in [5.74, 6) is -1.52. The fraction of sp³-hybridized carbons (Fsp3) is 0.429. The summed E-state index contributed by atoms with van der Waals surface area (Å²) in [5.41, 5.74) is -1.40. The fourth-order valence-electron chi connectivity index (χ4n) is 0.944. The van der Waals surface area contributed by atoms with Crippen LogP contribution in [0.4, 0.5) is 13.2 Å². The lowest BCUT2D eigenvalue weighted by atomic mass is 10.1. The highest BCUT2D eigenvalue weighted by Crippen LogP contribution is 2.34. The van der Waals surface area contributed by atoms with Gasteiger partial charge >= 0.3 is 6.18 Å². The van der Waals surface area contributed by atoms with Gasteiger partial charge in [0.25, 0.3) is 0 Å². The summed E-state index contributed by atoms with van der Waals surface area (Å²) in [6.45, 7) is 2.13. The summed E-state index contributed by atoms with van der Waals surface area (Å²) < 4.78 is 41.0. The summed E-state index contributed by atoms with van der Waals surface area (Å²) in [6.07, 6.45) is -4.59. The van der Waals surface area contributed by atoms with Gasteiger partial charge in [-0.05, 0) is 6.92 Å². The lowest BCUT2D eigenvalue weighted by Crippen LogP contribution is -2.10. The normalized spacial score (nSPS) is 11.8. The van der Waals surface area contributed by atoms with Crippen molar-refractivity contribution in [2.24, 2.45) is 0 Å². The molecule has 0 aliphatic rings. The molecule has 0 aliphatic heterocycles. The summed E-state index contributed by atoms with van der Waals surface area (Å²) >= 11 is 0. The SMILES string of the molecule is CC(=O)c1onc(C)c1C(F)(F)F. The Balaban J connectivity index is 3.33. The molecule has 6 heteroatoms. The number of carbonyl (C=O) groups excluding carboxylic acids is 1. The molecule has 0 saturated heterocycles. The predicted molar refractivity (Wildman–Crippen MR) is 36.2 cm³/mol. The monoisotopic (exact) mass is 193 g/mol. The second-order valence-corrected chi connectivity index (χ2v) is 2.53. The fourth-order valence-corrected chi connectivity index (χ4v) is 0.944. The van der Waals surface area contributed by atoms with Gasteiger partial charge in [0.15, 0.2) is 5.78 Å². The van der Waals surface area contributed by atoms with E-state index in [0.29, 0.717) is 0 Å². The largest absolute Gasteiger partial charge is 0.422 e. The zero-order valence-electron chi connectivity index (χ0n) is 6.90. The standard InChI is InChI=1S/C7H6F3NO2/c1-3-5(7(8,9)10)6(4(2)12)13-11-3/h1-2H3. The van der Waals surface area contributed by atoms with Crippen LogP contribution in [0.25, 0.3) is 0 Å². The number of carbonyl (C=O) groups is 1. The van der Waals surface area contributed by atoms with Gasteiger partial charge < -0.3 is 4.52 Å². The first-order chi connectivity index (χ1) is 5.84. The van der Waals surface area contributed by atoms with Crippen molar-refractivity contribution in [1.82, 2.24) is 5.16 Å². The van der Waals surface area contributed by atoms with Crippen LogP contribution >= 0.6 is 0 Å². The minimum absolute atomic E-state index is 0.322. The Hall–Kier alpha value is -1.33. The van der Waals surface area contributed by atoms with E-state index in [9.17, 15) is 18.0 Å². The van der Waals surface area contributed by atoms with Crippen LogP contribution in [-0.2, 0) is 6.18 Å². The number of rotatable bonds is 1. The van der Waals surface area contributed by atoms with Crippen molar-refractivity contribution >= 4 is 5.78 Å². The highest BCUT2D eigenvalue weighted by atomic mass is 19.4. The first-order valence-electron chi connectivity index (χ1n) is 3.38. The lowest BCUT2D eigenvalue weighted by molar-refractivity contribution is -0.138. The van der Waals surface area contributed by atoms with Crippen molar-refractivity contribution in [2.45, 2.75) is 20.0 Å². The molecule has 72 valence electrons. The van der Waals surface area contributed by atoms with Crippen molar-refractivity contribution in [2.75, 3.05) is 0 Å². The molecule has 0 N–H and O–H groups in total. The van der Waals surface area contributed by atoms with Crippen LogP contribution in [0.1, 0.15) is 28.7 Å². The van der Waals surface area contributed by atoms with Crippen LogP contribution in [0.5, 0.6) is 0 Å². The van der Waals surface area contributed by atoms with Gasteiger partial charge in [-0.3, -0.25) is 4.79 Å². The molecule has 1 heterocycles. The molecular formula is C7H6F3NO2. The molecule has 1 aromatic heterocycles. The van der Waals surface area contributed by atoms with Crippen LogP contribution in [-0.4, -0.2) is 10.9 Å². The molecule has 0 bridgehead atoms. The van der Waals surface area contributed by atoms with Gasteiger partial charge in [-0.15, -0.1) is 0 Å². The first kappa shape index (κ1) is 9.76. The molecule has 0 unspecified atom stereocenters. The number of ketones is 1. The van der Waals surface area contributed by atoms with Gasteiger partial charge in [0.2, 0.25) is 5.76 Å². The van der Waals surface area contributed by atoms with Gasteiger partial charge in [-0.25, -0.2) is 0 Å². The second kappa shape index (κ2) is 2.86. The van der Waals surface area contributed by atoms with E-state index in [4.69, 9.17) is 0 Å². The van der Waals surface area contributed by atoms with Crippen molar-refractivity contribution in [3.63, 3.8) is 0 Å². The van der Waals surface area contributed by atoms with E-state index in [1.165, 1.54) is 0 Å². The number of hydrogen-bond acceptors (Lipinski definition) is 3. The molecule has 0 spiro atoms. The Bertz CT molecular complexity index is 340. The molecule has 13 heavy (non-hydrogen) atoms. The van der Waals surface area contributed by atoms with Gasteiger partial charge in [0.05, 0.1) is 5.69 Å². The van der Waals surface area contributed by atoms with Gasteiger partial charge in [-0.1, -0.05) is 5.16 Å². The molecule has 1 aromatic rings. The van der Waals surface area contributed by atoms with E-state index in [2.05, 4.69) is 9.68 Å². The topological polar surface area (TPSA) is 43.1 Å². The van der Waals surface area contributed by atoms with Crippen molar-refractivity contribution in [1.29, 1.82) is 0 Å². The summed E-state index contributed by atoms with van der Waals surface area (Å²) in [6, 6.07) is 0. The number of alkyl halides is 3. The maximum atomic E-state index is 12.3. The number of halogens is 3. The van der Waals surface area contributed by atoms with Crippen molar-refractivity contribution in [3.05, 3.63) is 17.0 Å². The van der Waals surface area contributed by atoms with E-state index in [1.54, 1.807) is 0 Å². The highest BCUT2D eigenvalue weighted by Gasteiger charge is 2.40. The van der Waals surface area contributed by atoms with Crippen LogP contribution in [0.3, 0.4) is 0 Å². The average Bonchev–Trinajstić information content (AvgIpc) is 2.28. The van der Waals surface area contributed by atoms with Crippen LogP contribution in [0.15, 0.2) is 4.52 Å². The molecule has 0 aromatic carbocycles. The number of aromatic nitrogens is 1. The number of nitrogens with zero attached hydrogens (tertiary/aromatic N) is 1. The van der Waals surface area contributed by atoms with E-state index in [1.807, 2.05) is 0 Å². The maximum absolute atomic E-state index is 12.3. The average molecular weight is 193 g/mol. The summed E-state index contributed by atoms with van der Waals surface area (Å²) in [5, 5.41) is 3.09. The molecule has 0 saturated carbocycles. The molecular weight excluding hydrogens is 187 g/mol. The van der Waals surface area contributed by atoms with Crippen molar-refractivity contribution in [3.8, 4) is 0 Å². The second-order valence-electron chi connectivity index (χ2n) is 2.53. The maximum Gasteiger partial charge on any atom is 0.422 e. The van der Waals surface area contributed by atoms with E-state index >= 15 is 0 Å². The van der Waals surface area contributed by atoms with E-state index in [-0.39, 0.29) is 5.69 Å². The highest BCUT2D eigenvalue weighted by molar-refractivity contribution is 5.93. The van der Waals surface area contributed by atoms with E-state index < -0.39 is 23.3 Å². The van der Waals surface area contributed by atoms with Crippen LogP contribution in [0, 0.1) is 6.92 Å². The third kappa shape index (κ3) is 1.71. The molecule has 0 aliphatic carbocycles. The quantitative estimate of drug-likeness (QED) is 0.642. The molecule has 0 atom stereocenters. The summed E-state index contributed by atoms with van der Waals surface area (Å²) in [7, 11) is 0. The molecule has 1 rings (SSSR count). The number of aryl methyl sites for hydroxylation is 1. The van der Waals surface area contributed by atoms with Crippen LogP contribution < -0.4 is 0 Å². The zero-order valence-corrected chi connectivity index (χ0v) is 6.90. The molecule has 3 nitrogen and oxygen atoms in total. The Morgan fingerprint density at radius 1 is 1.46 bits per heavy atom. The number of Topliss-reactive ketones (excluding diaryl/α,β-unsaturated/α-hetero) is 1. The first-order valence-corrected chi connectivity index (χ1v) is 3.38. The van der Waals surface area contributed by atoms with Gasteiger partial charge in [0, 0.05) is 6.92 Å². The third-order valence-corrected chi connectivity index (χ3v) is 1.47. The van der Waals surface area contributed by atoms with E-state index in [0.717, 1.165) is 13.8 Å². The van der Waals surface area contributed by atoms with Gasteiger partial charge in [0.1, 0.15) is 5.56 Å². The van der Waals surface area contributed by atoms with Crippen molar-refractivity contribution < 1.29 is 22.5 Å². The Kier molecular flexibility index (Phi) is 2.15.